The highest BCUT2D eigenvalue weighted by Crippen LogP contribution is 2.22. The second kappa shape index (κ2) is 6.26. The molecule has 0 fully saturated rings. The molecule has 0 aliphatic carbocycles. The molecule has 0 unspecified atom stereocenters. The second-order valence-corrected chi connectivity index (χ2v) is 6.89. The van der Waals surface area contributed by atoms with E-state index in [-0.39, 0.29) is 16.4 Å². The standard InChI is InChI=1S/C20H16N2O2S/c1-2-8-16-21-19-17(18(23)14-11-6-7-12-15(14)25-19)20(24)22(16)13-9-4-3-5-10-13/h3-7,9-12H,2,8H2,1H3. The van der Waals surface area contributed by atoms with Crippen LogP contribution in [0.15, 0.2) is 64.2 Å². The molecule has 25 heavy (non-hydrogen) atoms. The summed E-state index contributed by atoms with van der Waals surface area (Å²) in [6, 6.07) is 16.7. The van der Waals surface area contributed by atoms with Gasteiger partial charge < -0.3 is 0 Å². The van der Waals surface area contributed by atoms with Crippen molar-refractivity contribution in [3.05, 3.63) is 81.0 Å². The Morgan fingerprint density at radius 3 is 2.48 bits per heavy atom. The van der Waals surface area contributed by atoms with Crippen LogP contribution < -0.4 is 11.0 Å². The number of aryl methyl sites for hydroxylation is 1. The summed E-state index contributed by atoms with van der Waals surface area (Å²) in [6.45, 7) is 2.05. The zero-order valence-corrected chi connectivity index (χ0v) is 14.5. The van der Waals surface area contributed by atoms with E-state index in [4.69, 9.17) is 4.98 Å². The van der Waals surface area contributed by atoms with Gasteiger partial charge in [0.05, 0.1) is 5.69 Å². The van der Waals surface area contributed by atoms with Crippen LogP contribution in [0, 0.1) is 0 Å². The molecule has 2 aromatic heterocycles. The number of hydrogen-bond acceptors (Lipinski definition) is 4. The largest absolute Gasteiger partial charge is 0.288 e. The predicted octanol–water partition coefficient (Wildman–Crippen LogP) is 3.91. The Kier molecular flexibility index (Phi) is 3.93. The number of para-hydroxylation sites is 1. The molecule has 0 radical (unpaired) electrons. The Balaban J connectivity index is 2.18. The van der Waals surface area contributed by atoms with Crippen molar-refractivity contribution in [2.24, 2.45) is 0 Å². The van der Waals surface area contributed by atoms with Crippen molar-refractivity contribution in [3.8, 4) is 5.69 Å². The number of hydrogen-bond donors (Lipinski definition) is 0. The van der Waals surface area contributed by atoms with Gasteiger partial charge >= 0.3 is 0 Å². The molecule has 0 atom stereocenters. The van der Waals surface area contributed by atoms with Crippen molar-refractivity contribution in [2.75, 3.05) is 0 Å². The van der Waals surface area contributed by atoms with Crippen LogP contribution in [0.25, 0.3) is 26.0 Å². The molecule has 0 spiro atoms. The van der Waals surface area contributed by atoms with Gasteiger partial charge in [0.1, 0.15) is 16.0 Å². The first-order chi connectivity index (χ1) is 12.2. The van der Waals surface area contributed by atoms with E-state index in [1.807, 2.05) is 48.5 Å². The molecule has 4 rings (SSSR count). The van der Waals surface area contributed by atoms with Crippen molar-refractivity contribution in [2.45, 2.75) is 19.8 Å². The first kappa shape index (κ1) is 15.7. The maximum Gasteiger partial charge on any atom is 0.270 e. The Morgan fingerprint density at radius 2 is 1.72 bits per heavy atom. The summed E-state index contributed by atoms with van der Waals surface area (Å²) in [5, 5.41) is 0.745. The summed E-state index contributed by atoms with van der Waals surface area (Å²) < 4.78 is 2.43. The maximum absolute atomic E-state index is 13.2. The van der Waals surface area contributed by atoms with Crippen LogP contribution in [0.1, 0.15) is 19.2 Å². The van der Waals surface area contributed by atoms with Crippen LogP contribution in [0.5, 0.6) is 0 Å². The van der Waals surface area contributed by atoms with Crippen LogP contribution in [0.4, 0.5) is 0 Å². The summed E-state index contributed by atoms with van der Waals surface area (Å²) in [5.74, 6) is 0.692. The molecule has 0 N–H and O–H groups in total. The fourth-order valence-corrected chi connectivity index (χ4v) is 4.09. The molecule has 4 nitrogen and oxygen atoms in total. The average Bonchev–Trinajstić information content (AvgIpc) is 2.63. The molecule has 0 aliphatic rings. The highest BCUT2D eigenvalue weighted by molar-refractivity contribution is 7.24. The van der Waals surface area contributed by atoms with Gasteiger partial charge in [-0.05, 0) is 30.7 Å². The van der Waals surface area contributed by atoms with Crippen molar-refractivity contribution in [3.63, 3.8) is 0 Å². The fourth-order valence-electron chi connectivity index (χ4n) is 3.03. The van der Waals surface area contributed by atoms with Crippen molar-refractivity contribution >= 4 is 31.6 Å². The summed E-state index contributed by atoms with van der Waals surface area (Å²) in [7, 11) is 0. The zero-order valence-electron chi connectivity index (χ0n) is 13.7. The quantitative estimate of drug-likeness (QED) is 0.527. The lowest BCUT2D eigenvalue weighted by Crippen LogP contribution is -2.27. The number of nitrogens with zero attached hydrogens (tertiary/aromatic N) is 2. The third-order valence-electron chi connectivity index (χ3n) is 4.17. The van der Waals surface area contributed by atoms with Crippen LogP contribution in [-0.4, -0.2) is 9.55 Å². The molecule has 5 heteroatoms. The lowest BCUT2D eigenvalue weighted by Gasteiger charge is -2.13. The topological polar surface area (TPSA) is 52.0 Å². The van der Waals surface area contributed by atoms with Gasteiger partial charge in [-0.3, -0.25) is 14.2 Å². The smallest absolute Gasteiger partial charge is 0.270 e. The summed E-state index contributed by atoms with van der Waals surface area (Å²) in [4.78, 5) is 31.3. The molecular weight excluding hydrogens is 332 g/mol. The van der Waals surface area contributed by atoms with Gasteiger partial charge in [0.2, 0.25) is 5.43 Å². The zero-order chi connectivity index (χ0) is 17.4. The Hall–Kier alpha value is -2.79. The van der Waals surface area contributed by atoms with E-state index < -0.39 is 0 Å². The van der Waals surface area contributed by atoms with Gasteiger partial charge in [-0.25, -0.2) is 4.98 Å². The Bertz CT molecular complexity index is 1190. The highest BCUT2D eigenvalue weighted by atomic mass is 32.1. The van der Waals surface area contributed by atoms with Gasteiger partial charge in [-0.1, -0.05) is 37.3 Å². The van der Waals surface area contributed by atoms with Gasteiger partial charge in [-0.15, -0.1) is 11.3 Å². The molecule has 0 saturated heterocycles. The molecule has 0 saturated carbocycles. The number of fused-ring (bicyclic) bond motifs is 2. The molecule has 2 aromatic carbocycles. The van der Waals surface area contributed by atoms with E-state index in [9.17, 15) is 9.59 Å². The molecule has 2 heterocycles. The Labute approximate surface area is 148 Å². The van der Waals surface area contributed by atoms with E-state index in [1.165, 1.54) is 11.3 Å². The lowest BCUT2D eigenvalue weighted by atomic mass is 10.2. The Morgan fingerprint density at radius 1 is 1.00 bits per heavy atom. The predicted molar refractivity (Wildman–Crippen MR) is 103 cm³/mol. The van der Waals surface area contributed by atoms with Crippen LogP contribution in [0.3, 0.4) is 0 Å². The molecule has 4 aromatic rings. The van der Waals surface area contributed by atoms with E-state index >= 15 is 0 Å². The van der Waals surface area contributed by atoms with Gasteiger partial charge in [0.25, 0.3) is 5.56 Å². The van der Waals surface area contributed by atoms with Crippen molar-refractivity contribution < 1.29 is 0 Å². The van der Waals surface area contributed by atoms with Crippen LogP contribution >= 0.6 is 11.3 Å². The van der Waals surface area contributed by atoms with E-state index in [2.05, 4.69) is 6.92 Å². The van der Waals surface area contributed by atoms with Gasteiger partial charge in [0, 0.05) is 16.5 Å². The first-order valence-electron chi connectivity index (χ1n) is 8.23. The second-order valence-electron chi connectivity index (χ2n) is 5.86. The summed E-state index contributed by atoms with van der Waals surface area (Å²) >= 11 is 1.40. The number of rotatable bonds is 3. The van der Waals surface area contributed by atoms with Crippen molar-refractivity contribution in [1.29, 1.82) is 0 Å². The minimum Gasteiger partial charge on any atom is -0.288 e. The molecular formula is C20H16N2O2S. The number of benzene rings is 2. The van der Waals surface area contributed by atoms with Gasteiger partial charge in [0.15, 0.2) is 0 Å². The highest BCUT2D eigenvalue weighted by Gasteiger charge is 2.16. The van der Waals surface area contributed by atoms with E-state index in [0.717, 1.165) is 16.8 Å². The third-order valence-corrected chi connectivity index (χ3v) is 5.24. The normalized spacial score (nSPS) is 11.2. The molecule has 0 amide bonds. The molecule has 124 valence electrons. The first-order valence-corrected chi connectivity index (χ1v) is 9.05. The minimum absolute atomic E-state index is 0.174. The fraction of sp³-hybridized carbons (Fsp3) is 0.150. The minimum atomic E-state index is -0.286. The molecule has 0 aliphatic heterocycles. The van der Waals surface area contributed by atoms with Crippen LogP contribution in [-0.2, 0) is 6.42 Å². The third kappa shape index (κ3) is 2.57. The number of aromatic nitrogens is 2. The SMILES string of the molecule is CCCc1nc2sc3ccccc3c(=O)c2c(=O)n1-c1ccccc1. The van der Waals surface area contributed by atoms with Crippen molar-refractivity contribution in [1.82, 2.24) is 9.55 Å². The maximum atomic E-state index is 13.2. The summed E-state index contributed by atoms with van der Waals surface area (Å²) in [6.07, 6.45) is 1.54. The lowest BCUT2D eigenvalue weighted by molar-refractivity contribution is 0.775. The van der Waals surface area contributed by atoms with E-state index in [1.54, 1.807) is 10.6 Å². The monoisotopic (exact) mass is 348 g/mol. The summed E-state index contributed by atoms with van der Waals surface area (Å²) in [5.41, 5.74) is 0.212. The van der Waals surface area contributed by atoms with E-state index in [0.29, 0.717) is 22.5 Å². The molecule has 0 bridgehead atoms. The average molecular weight is 348 g/mol. The van der Waals surface area contributed by atoms with Crippen LogP contribution in [0.2, 0.25) is 0 Å². The van der Waals surface area contributed by atoms with Gasteiger partial charge in [-0.2, -0.15) is 0 Å².